The van der Waals surface area contributed by atoms with E-state index in [0.717, 1.165) is 8.92 Å². The van der Waals surface area contributed by atoms with Crippen LogP contribution in [0.1, 0.15) is 0 Å². The molecule has 0 bridgehead atoms. The molecule has 2 rings (SSSR count). The summed E-state index contributed by atoms with van der Waals surface area (Å²) in [4.78, 5) is 20.2. The molecule has 0 unspecified atom stereocenters. The van der Waals surface area contributed by atoms with E-state index in [2.05, 4.69) is 0 Å². The van der Waals surface area contributed by atoms with Crippen LogP contribution in [0.4, 0.5) is 11.4 Å². The van der Waals surface area contributed by atoms with Gasteiger partial charge in [-0.3, -0.25) is 0 Å². The molecule has 0 amide bonds. The molecular weight excluding hydrogens is 394 g/mol. The van der Waals surface area contributed by atoms with Crippen LogP contribution in [0.3, 0.4) is 0 Å². The zero-order chi connectivity index (χ0) is 14.5. The Morgan fingerprint density at radius 1 is 0.650 bits per heavy atom. The number of benzene rings is 2. The SMILES string of the molecule is O=[N+]([O-])c1ccc([Se][Se]c2ccc([N+](=O)[O-])cc2)cc1. The fraction of sp³-hybridized carbons (Fsp3) is 0. The predicted octanol–water partition coefficient (Wildman–Crippen LogP) is 0.777. The molecule has 6 nitrogen and oxygen atoms in total. The molecular formula is C12H8N2O4Se2. The van der Waals surface area contributed by atoms with Crippen LogP contribution < -0.4 is 8.92 Å². The first kappa shape index (κ1) is 14.7. The number of nitro groups is 2. The molecule has 2 aromatic rings. The maximum absolute atomic E-state index is 10.5. The second-order valence-electron chi connectivity index (χ2n) is 3.67. The van der Waals surface area contributed by atoms with Crippen molar-refractivity contribution in [3.05, 3.63) is 68.8 Å². The van der Waals surface area contributed by atoms with Gasteiger partial charge in [-0.2, -0.15) is 0 Å². The van der Waals surface area contributed by atoms with Crippen molar-refractivity contribution in [3.8, 4) is 0 Å². The van der Waals surface area contributed by atoms with E-state index >= 15 is 0 Å². The van der Waals surface area contributed by atoms with Crippen LogP contribution in [0.15, 0.2) is 48.5 Å². The number of nitro benzene ring substituents is 2. The van der Waals surface area contributed by atoms with Gasteiger partial charge in [0.1, 0.15) is 0 Å². The topological polar surface area (TPSA) is 86.3 Å². The summed E-state index contributed by atoms with van der Waals surface area (Å²) in [5.41, 5.74) is 0.180. The molecule has 102 valence electrons. The number of hydrogen-bond donors (Lipinski definition) is 0. The first-order chi connectivity index (χ1) is 9.56. The van der Waals surface area contributed by atoms with E-state index in [0.29, 0.717) is 0 Å². The van der Waals surface area contributed by atoms with Gasteiger partial charge in [0.2, 0.25) is 0 Å². The Hall–Kier alpha value is -1.72. The number of nitrogens with zero attached hydrogens (tertiary/aromatic N) is 2. The van der Waals surface area contributed by atoms with Gasteiger partial charge in [0.25, 0.3) is 0 Å². The molecule has 20 heavy (non-hydrogen) atoms. The van der Waals surface area contributed by atoms with Gasteiger partial charge in [-0.15, -0.1) is 0 Å². The fourth-order valence-electron chi connectivity index (χ4n) is 1.34. The second kappa shape index (κ2) is 6.63. The van der Waals surface area contributed by atoms with Gasteiger partial charge in [0.05, 0.1) is 0 Å². The Labute approximate surface area is 125 Å². The van der Waals surface area contributed by atoms with Crippen molar-refractivity contribution in [2.24, 2.45) is 0 Å². The van der Waals surface area contributed by atoms with Crippen molar-refractivity contribution in [2.75, 3.05) is 0 Å². The minimum atomic E-state index is -0.418. The monoisotopic (exact) mass is 404 g/mol. The van der Waals surface area contributed by atoms with Crippen LogP contribution in [0.2, 0.25) is 0 Å². The van der Waals surface area contributed by atoms with Crippen LogP contribution in [-0.4, -0.2) is 36.1 Å². The zero-order valence-corrected chi connectivity index (χ0v) is 13.4. The third-order valence-corrected chi connectivity index (χ3v) is 9.56. The summed E-state index contributed by atoms with van der Waals surface area (Å²) in [5.74, 6) is 0. The second-order valence-corrected chi connectivity index (χ2v) is 9.98. The van der Waals surface area contributed by atoms with Gasteiger partial charge in [-0.1, -0.05) is 0 Å². The number of non-ortho nitro benzene ring substituents is 2. The quantitative estimate of drug-likeness (QED) is 0.420. The van der Waals surface area contributed by atoms with Crippen molar-refractivity contribution in [2.45, 2.75) is 0 Å². The van der Waals surface area contributed by atoms with E-state index in [1.807, 2.05) is 0 Å². The summed E-state index contributed by atoms with van der Waals surface area (Å²) >= 11 is 0.413. The molecule has 0 spiro atoms. The van der Waals surface area contributed by atoms with E-state index in [1.165, 1.54) is 24.3 Å². The molecule has 0 aliphatic carbocycles. The standard InChI is InChI=1S/C12H8N2O4Se2/c15-13(16)9-1-5-11(6-2-9)19-20-12-7-3-10(4-8-12)14(17)18/h1-8H. The van der Waals surface area contributed by atoms with Gasteiger partial charge in [-0.05, 0) is 0 Å². The Kier molecular flexibility index (Phi) is 4.87. The van der Waals surface area contributed by atoms with Gasteiger partial charge < -0.3 is 0 Å². The van der Waals surface area contributed by atoms with Crippen LogP contribution in [0, 0.1) is 20.2 Å². The third-order valence-electron chi connectivity index (χ3n) is 2.33. The fourth-order valence-corrected chi connectivity index (χ4v) is 7.30. The molecule has 0 N–H and O–H groups in total. The molecule has 0 aliphatic rings. The summed E-state index contributed by atoms with van der Waals surface area (Å²) in [7, 11) is 0. The number of hydrogen-bond acceptors (Lipinski definition) is 4. The summed E-state index contributed by atoms with van der Waals surface area (Å²) in [6, 6.07) is 13.1. The Morgan fingerprint density at radius 2 is 0.950 bits per heavy atom. The van der Waals surface area contributed by atoms with E-state index in [4.69, 9.17) is 0 Å². The Balaban J connectivity index is 1.97. The summed E-state index contributed by atoms with van der Waals surface area (Å²) in [6.07, 6.45) is 0. The van der Waals surface area contributed by atoms with Crippen molar-refractivity contribution in [3.63, 3.8) is 0 Å². The molecule has 0 saturated carbocycles. The zero-order valence-electron chi connectivity index (χ0n) is 9.96. The van der Waals surface area contributed by atoms with Crippen LogP contribution in [0.25, 0.3) is 0 Å². The summed E-state index contributed by atoms with van der Waals surface area (Å²) < 4.78 is 2.17. The summed E-state index contributed by atoms with van der Waals surface area (Å²) in [5, 5.41) is 21.1. The molecule has 2 aromatic carbocycles. The minimum absolute atomic E-state index is 0.0902. The average molecular weight is 402 g/mol. The third kappa shape index (κ3) is 3.88. The molecule has 0 radical (unpaired) electrons. The van der Waals surface area contributed by atoms with Crippen molar-refractivity contribution < 1.29 is 9.85 Å². The van der Waals surface area contributed by atoms with Crippen molar-refractivity contribution >= 4 is 46.6 Å². The van der Waals surface area contributed by atoms with E-state index in [-0.39, 0.29) is 37.6 Å². The first-order valence-corrected chi connectivity index (χ1v) is 11.4. The predicted molar refractivity (Wildman–Crippen MR) is 77.0 cm³/mol. The van der Waals surface area contributed by atoms with Crippen LogP contribution >= 0.6 is 0 Å². The maximum atomic E-state index is 10.5. The number of rotatable bonds is 5. The molecule has 0 aromatic heterocycles. The van der Waals surface area contributed by atoms with E-state index in [9.17, 15) is 20.2 Å². The van der Waals surface area contributed by atoms with Gasteiger partial charge >= 0.3 is 125 Å². The molecule has 0 saturated heterocycles. The van der Waals surface area contributed by atoms with Gasteiger partial charge in [0, 0.05) is 0 Å². The normalized spacial score (nSPS) is 10.2. The molecule has 0 fully saturated rings. The van der Waals surface area contributed by atoms with Crippen molar-refractivity contribution in [1.82, 2.24) is 0 Å². The van der Waals surface area contributed by atoms with E-state index < -0.39 is 9.85 Å². The van der Waals surface area contributed by atoms with Crippen molar-refractivity contribution in [1.29, 1.82) is 0 Å². The molecule has 0 aliphatic heterocycles. The summed E-state index contributed by atoms with van der Waals surface area (Å²) in [6.45, 7) is 0. The van der Waals surface area contributed by atoms with E-state index in [1.54, 1.807) is 24.3 Å². The van der Waals surface area contributed by atoms with Gasteiger partial charge in [0.15, 0.2) is 0 Å². The Morgan fingerprint density at radius 3 is 1.20 bits per heavy atom. The molecule has 0 heterocycles. The van der Waals surface area contributed by atoms with Crippen LogP contribution in [-0.2, 0) is 0 Å². The Bertz CT molecular complexity index is 571. The van der Waals surface area contributed by atoms with Gasteiger partial charge in [-0.25, -0.2) is 0 Å². The molecule has 8 heteroatoms. The van der Waals surface area contributed by atoms with Crippen LogP contribution in [0.5, 0.6) is 0 Å². The first-order valence-electron chi connectivity index (χ1n) is 5.40. The molecule has 0 atom stereocenters. The average Bonchev–Trinajstić information content (AvgIpc) is 2.46.